The maximum absolute atomic E-state index is 5.89. The van der Waals surface area contributed by atoms with Gasteiger partial charge in [-0.15, -0.1) is 0 Å². The third kappa shape index (κ3) is 2.44. The second kappa shape index (κ2) is 4.92. The lowest BCUT2D eigenvalue weighted by Crippen LogP contribution is -2.26. The fourth-order valence-electron chi connectivity index (χ4n) is 2.36. The number of aromatic nitrogens is 1. The molecule has 18 heavy (non-hydrogen) atoms. The Balaban J connectivity index is 1.70. The molecule has 0 saturated carbocycles. The van der Waals surface area contributed by atoms with E-state index in [1.54, 1.807) is 0 Å². The Kier molecular flexibility index (Phi) is 3.13. The lowest BCUT2D eigenvalue weighted by molar-refractivity contribution is 0.311. The molecule has 3 rings (SSSR count). The molecule has 0 radical (unpaired) electrons. The van der Waals surface area contributed by atoms with E-state index in [0.717, 1.165) is 43.1 Å². The van der Waals surface area contributed by atoms with E-state index in [1.165, 1.54) is 0 Å². The number of hydrogen-bond acceptors (Lipinski definition) is 4. The molecular formula is C14H17N3O. The molecule has 0 amide bonds. The highest BCUT2D eigenvalue weighted by atomic mass is 16.5. The predicted octanol–water partition coefficient (Wildman–Crippen LogP) is 1.87. The molecule has 1 aliphatic heterocycles. The van der Waals surface area contributed by atoms with Crippen LogP contribution in [0.2, 0.25) is 0 Å². The van der Waals surface area contributed by atoms with Crippen LogP contribution in [-0.2, 0) is 6.54 Å². The van der Waals surface area contributed by atoms with Crippen molar-refractivity contribution in [2.45, 2.75) is 19.0 Å². The summed E-state index contributed by atoms with van der Waals surface area (Å²) in [4.78, 5) is 2.32. The minimum absolute atomic E-state index is 0.311. The highest BCUT2D eigenvalue weighted by Gasteiger charge is 2.20. The molecule has 1 aliphatic rings. The number of nitrogens with zero attached hydrogens (tertiary/aromatic N) is 2. The summed E-state index contributed by atoms with van der Waals surface area (Å²) in [7, 11) is 0. The average molecular weight is 243 g/mol. The van der Waals surface area contributed by atoms with E-state index in [1.807, 2.05) is 36.4 Å². The van der Waals surface area contributed by atoms with Crippen LogP contribution in [0, 0.1) is 0 Å². The van der Waals surface area contributed by atoms with Crippen molar-refractivity contribution in [3.63, 3.8) is 0 Å². The summed E-state index contributed by atoms with van der Waals surface area (Å²) in [5.74, 6) is 0.828. The first kappa shape index (κ1) is 11.4. The maximum Gasteiger partial charge on any atom is 0.167 e. The predicted molar refractivity (Wildman–Crippen MR) is 69.8 cm³/mol. The third-order valence-corrected chi connectivity index (χ3v) is 3.31. The molecule has 0 spiro atoms. The summed E-state index contributed by atoms with van der Waals surface area (Å²) in [5, 5.41) is 4.12. The zero-order chi connectivity index (χ0) is 12.4. The Morgan fingerprint density at radius 1 is 1.33 bits per heavy atom. The Morgan fingerprint density at radius 3 is 2.89 bits per heavy atom. The van der Waals surface area contributed by atoms with Gasteiger partial charge in [-0.2, -0.15) is 0 Å². The van der Waals surface area contributed by atoms with Crippen molar-refractivity contribution >= 4 is 0 Å². The Bertz CT molecular complexity index is 509. The van der Waals surface area contributed by atoms with Crippen LogP contribution in [0.25, 0.3) is 11.3 Å². The molecule has 94 valence electrons. The minimum atomic E-state index is 0.311. The topological polar surface area (TPSA) is 55.3 Å². The van der Waals surface area contributed by atoms with Crippen molar-refractivity contribution in [3.05, 3.63) is 42.1 Å². The largest absolute Gasteiger partial charge is 0.356 e. The molecule has 1 fully saturated rings. The summed E-state index contributed by atoms with van der Waals surface area (Å²) in [6.07, 6.45) is 1.07. The molecule has 2 aromatic rings. The molecule has 2 N–H and O–H groups in total. The van der Waals surface area contributed by atoms with Gasteiger partial charge in [0, 0.05) is 37.3 Å². The molecular weight excluding hydrogens is 226 g/mol. The van der Waals surface area contributed by atoms with Crippen LogP contribution in [0.3, 0.4) is 0 Å². The van der Waals surface area contributed by atoms with E-state index in [0.29, 0.717) is 6.04 Å². The highest BCUT2D eigenvalue weighted by molar-refractivity contribution is 5.56. The number of nitrogens with two attached hydrogens (primary N) is 1. The first-order chi connectivity index (χ1) is 8.81. The van der Waals surface area contributed by atoms with Gasteiger partial charge in [-0.05, 0) is 6.42 Å². The fourth-order valence-corrected chi connectivity index (χ4v) is 2.36. The van der Waals surface area contributed by atoms with Gasteiger partial charge in [0.2, 0.25) is 0 Å². The van der Waals surface area contributed by atoms with Crippen LogP contribution < -0.4 is 5.73 Å². The zero-order valence-corrected chi connectivity index (χ0v) is 10.2. The molecule has 1 saturated heterocycles. The minimum Gasteiger partial charge on any atom is -0.356 e. The number of benzene rings is 1. The molecule has 4 nitrogen and oxygen atoms in total. The second-order valence-electron chi connectivity index (χ2n) is 4.83. The average Bonchev–Trinajstić information content (AvgIpc) is 3.01. The van der Waals surface area contributed by atoms with E-state index in [9.17, 15) is 0 Å². The Labute approximate surface area is 106 Å². The Morgan fingerprint density at radius 2 is 2.17 bits per heavy atom. The standard InChI is InChI=1S/C14H17N3O/c15-12-6-7-17(9-12)10-13-8-14(18-16-13)11-4-2-1-3-5-11/h1-5,8,12H,6-7,9-10,15H2. The van der Waals surface area contributed by atoms with Crippen LogP contribution in [-0.4, -0.2) is 29.2 Å². The quantitative estimate of drug-likeness (QED) is 0.894. The summed E-state index contributed by atoms with van der Waals surface area (Å²) in [6.45, 7) is 2.83. The van der Waals surface area contributed by atoms with Gasteiger partial charge in [-0.3, -0.25) is 4.90 Å². The smallest absolute Gasteiger partial charge is 0.167 e. The lowest BCUT2D eigenvalue weighted by atomic mass is 10.1. The van der Waals surface area contributed by atoms with Crippen molar-refractivity contribution < 1.29 is 4.52 Å². The van der Waals surface area contributed by atoms with Gasteiger partial charge in [0.1, 0.15) is 0 Å². The van der Waals surface area contributed by atoms with Crippen LogP contribution in [0.1, 0.15) is 12.1 Å². The number of rotatable bonds is 3. The van der Waals surface area contributed by atoms with Gasteiger partial charge >= 0.3 is 0 Å². The second-order valence-corrected chi connectivity index (χ2v) is 4.83. The van der Waals surface area contributed by atoms with Crippen molar-refractivity contribution in [1.82, 2.24) is 10.1 Å². The monoisotopic (exact) mass is 243 g/mol. The van der Waals surface area contributed by atoms with Gasteiger partial charge in [0.25, 0.3) is 0 Å². The summed E-state index contributed by atoms with van der Waals surface area (Å²) in [6, 6.07) is 12.4. The zero-order valence-electron chi connectivity index (χ0n) is 10.2. The molecule has 0 aliphatic carbocycles. The van der Waals surface area contributed by atoms with Crippen molar-refractivity contribution in [2.24, 2.45) is 5.73 Å². The first-order valence-electron chi connectivity index (χ1n) is 6.30. The van der Waals surface area contributed by atoms with Gasteiger partial charge < -0.3 is 10.3 Å². The van der Waals surface area contributed by atoms with E-state index in [-0.39, 0.29) is 0 Å². The molecule has 4 heteroatoms. The van der Waals surface area contributed by atoms with Crippen molar-refractivity contribution in [1.29, 1.82) is 0 Å². The summed E-state index contributed by atoms with van der Waals surface area (Å²) < 4.78 is 5.38. The maximum atomic E-state index is 5.89. The molecule has 0 bridgehead atoms. The van der Waals surface area contributed by atoms with Gasteiger partial charge in [0.15, 0.2) is 5.76 Å². The number of hydrogen-bond donors (Lipinski definition) is 1. The van der Waals surface area contributed by atoms with Gasteiger partial charge in [-0.1, -0.05) is 35.5 Å². The van der Waals surface area contributed by atoms with Crippen LogP contribution in [0.4, 0.5) is 0 Å². The third-order valence-electron chi connectivity index (χ3n) is 3.31. The molecule has 2 heterocycles. The van der Waals surface area contributed by atoms with Crippen molar-refractivity contribution in [2.75, 3.05) is 13.1 Å². The van der Waals surface area contributed by atoms with E-state index in [2.05, 4.69) is 10.1 Å². The fraction of sp³-hybridized carbons (Fsp3) is 0.357. The van der Waals surface area contributed by atoms with E-state index in [4.69, 9.17) is 10.3 Å². The summed E-state index contributed by atoms with van der Waals surface area (Å²) >= 11 is 0. The summed E-state index contributed by atoms with van der Waals surface area (Å²) in [5.41, 5.74) is 7.93. The van der Waals surface area contributed by atoms with Crippen LogP contribution in [0.5, 0.6) is 0 Å². The molecule has 1 unspecified atom stereocenters. The van der Waals surface area contributed by atoms with E-state index < -0.39 is 0 Å². The molecule has 1 atom stereocenters. The highest BCUT2D eigenvalue weighted by Crippen LogP contribution is 2.21. The van der Waals surface area contributed by atoms with Crippen LogP contribution >= 0.6 is 0 Å². The lowest BCUT2D eigenvalue weighted by Gasteiger charge is -2.11. The Hall–Kier alpha value is -1.65. The molecule has 1 aromatic carbocycles. The normalized spacial score (nSPS) is 20.4. The number of likely N-dealkylation sites (tertiary alicyclic amines) is 1. The van der Waals surface area contributed by atoms with Gasteiger partial charge in [0.05, 0.1) is 5.69 Å². The SMILES string of the molecule is NC1CCN(Cc2cc(-c3ccccc3)on2)C1. The molecule has 1 aromatic heterocycles. The first-order valence-corrected chi connectivity index (χ1v) is 6.30. The van der Waals surface area contributed by atoms with Gasteiger partial charge in [-0.25, -0.2) is 0 Å². The van der Waals surface area contributed by atoms with E-state index >= 15 is 0 Å². The van der Waals surface area contributed by atoms with Crippen LogP contribution in [0.15, 0.2) is 40.9 Å². The van der Waals surface area contributed by atoms with Crippen molar-refractivity contribution in [3.8, 4) is 11.3 Å².